The van der Waals surface area contributed by atoms with Gasteiger partial charge in [0.25, 0.3) is 0 Å². The molecular formula is C28H32ClN7O5. The van der Waals surface area contributed by atoms with Crippen LogP contribution >= 0.6 is 11.6 Å². The largest absolute Gasteiger partial charge is 0.493 e. The molecule has 3 heterocycles. The van der Waals surface area contributed by atoms with Crippen LogP contribution in [0.2, 0.25) is 5.02 Å². The van der Waals surface area contributed by atoms with Gasteiger partial charge in [0.05, 0.1) is 30.5 Å². The van der Waals surface area contributed by atoms with Crippen molar-refractivity contribution in [2.45, 2.75) is 57.9 Å². The van der Waals surface area contributed by atoms with Crippen LogP contribution in [-0.2, 0) is 9.53 Å². The van der Waals surface area contributed by atoms with Crippen molar-refractivity contribution in [3.05, 3.63) is 62.4 Å². The van der Waals surface area contributed by atoms with Gasteiger partial charge in [0, 0.05) is 23.4 Å². The number of nitrogens with zero attached hydrogens (tertiary/aromatic N) is 4. The van der Waals surface area contributed by atoms with E-state index in [4.69, 9.17) is 31.1 Å². The molecule has 1 aliphatic carbocycles. The molecule has 0 amide bonds. The molecule has 3 aromatic heterocycles. The topological polar surface area (TPSA) is 159 Å². The second kappa shape index (κ2) is 12.9. The van der Waals surface area contributed by atoms with Crippen molar-refractivity contribution < 1.29 is 19.4 Å². The minimum Gasteiger partial charge on any atom is -0.493 e. The first-order valence-corrected chi connectivity index (χ1v) is 14.1. The van der Waals surface area contributed by atoms with Crippen molar-refractivity contribution in [3.8, 4) is 11.6 Å². The van der Waals surface area contributed by atoms with Crippen LogP contribution in [0.4, 0.5) is 11.5 Å². The van der Waals surface area contributed by atoms with Crippen molar-refractivity contribution in [1.82, 2.24) is 24.6 Å². The summed E-state index contributed by atoms with van der Waals surface area (Å²) >= 11 is 6.51. The molecule has 41 heavy (non-hydrogen) atoms. The molecule has 0 unspecified atom stereocenters. The molecule has 1 aromatic carbocycles. The summed E-state index contributed by atoms with van der Waals surface area (Å²) in [7, 11) is 0. The lowest BCUT2D eigenvalue weighted by molar-refractivity contribution is -0.143. The van der Waals surface area contributed by atoms with Gasteiger partial charge in [-0.1, -0.05) is 24.4 Å². The lowest BCUT2D eigenvalue weighted by Gasteiger charge is -2.11. The molecule has 1 aliphatic rings. The van der Waals surface area contributed by atoms with Gasteiger partial charge < -0.3 is 24.9 Å². The van der Waals surface area contributed by atoms with E-state index in [-0.39, 0.29) is 23.6 Å². The Bertz CT molecular complexity index is 1710. The fourth-order valence-electron chi connectivity index (χ4n) is 4.24. The smallest absolute Gasteiger partial charge is 0.326 e. The number of H-pyrrole nitrogens is 2. The predicted octanol–water partition coefficient (Wildman–Crippen LogP) is 3.35. The fraction of sp³-hybridized carbons (Fsp3) is 0.393. The van der Waals surface area contributed by atoms with E-state index in [0.717, 1.165) is 38.5 Å². The number of unbranched alkanes of at least 4 members (excludes halogenated alkanes) is 3. The second-order valence-corrected chi connectivity index (χ2v) is 10.2. The number of aromatic nitrogens is 5. The number of carbonyl (C=O) groups is 1. The third-order valence-electron chi connectivity index (χ3n) is 6.42. The number of halogens is 1. The summed E-state index contributed by atoms with van der Waals surface area (Å²) in [5.74, 6) is 0.708. The van der Waals surface area contributed by atoms with Crippen LogP contribution in [0, 0.1) is 0 Å². The average molecular weight is 582 g/mol. The van der Waals surface area contributed by atoms with Gasteiger partial charge in [-0.15, -0.1) is 0 Å². The summed E-state index contributed by atoms with van der Waals surface area (Å²) < 4.78 is 12.4. The second-order valence-electron chi connectivity index (χ2n) is 9.77. The third kappa shape index (κ3) is 7.46. The molecule has 4 aromatic rings. The molecule has 1 saturated carbocycles. The van der Waals surface area contributed by atoms with Crippen LogP contribution in [0.15, 0.2) is 40.2 Å². The molecule has 4 N–H and O–H groups in total. The van der Waals surface area contributed by atoms with Gasteiger partial charge in [0.2, 0.25) is 5.88 Å². The highest BCUT2D eigenvalue weighted by Crippen LogP contribution is 2.29. The van der Waals surface area contributed by atoms with E-state index in [1.54, 1.807) is 22.9 Å². The number of benzene rings is 1. The van der Waals surface area contributed by atoms with E-state index in [1.807, 2.05) is 25.1 Å². The Labute approximate surface area is 240 Å². The first kappa shape index (κ1) is 28.2. The minimum atomic E-state index is -0.514. The normalized spacial score (nSPS) is 14.1. The molecule has 0 saturated heterocycles. The van der Waals surface area contributed by atoms with Crippen LogP contribution in [-0.4, -0.2) is 54.9 Å². The summed E-state index contributed by atoms with van der Waals surface area (Å²) in [6.45, 7) is 2.75. The van der Waals surface area contributed by atoms with Gasteiger partial charge >= 0.3 is 11.7 Å². The number of aromatic amines is 2. The number of ether oxygens (including phenoxy) is 2. The number of carbonyl (C=O) groups excluding carboxylic acids is 1. The Morgan fingerprint density at radius 3 is 2.80 bits per heavy atom. The van der Waals surface area contributed by atoms with Crippen molar-refractivity contribution in [2.24, 2.45) is 4.99 Å². The standard InChI is InChI=1S/C28H32ClN7O5/c1-2-40-25(37)7-5-3-4-6-12-41-22-11-10-19(14-20(22)29)31-23-15-24(32-18-8-9-18)36-26(34-23)17(16-30-36)13-21-27(38)35-28(39)33-21/h10-11,13-16,18,31,38H,2-9,12H2,1H3,(H2,33,35,39)/b17-13-,32-24?. The van der Waals surface area contributed by atoms with Crippen molar-refractivity contribution in [3.63, 3.8) is 0 Å². The minimum absolute atomic E-state index is 0.147. The van der Waals surface area contributed by atoms with E-state index in [1.165, 1.54) is 0 Å². The zero-order chi connectivity index (χ0) is 28.8. The van der Waals surface area contributed by atoms with Crippen molar-refractivity contribution in [2.75, 3.05) is 18.5 Å². The van der Waals surface area contributed by atoms with Gasteiger partial charge in [-0.05, 0) is 56.9 Å². The Balaban J connectivity index is 1.27. The molecule has 5 rings (SSSR count). The van der Waals surface area contributed by atoms with Gasteiger partial charge in [0.15, 0.2) is 11.1 Å². The predicted molar refractivity (Wildman–Crippen MR) is 153 cm³/mol. The Morgan fingerprint density at radius 2 is 2.07 bits per heavy atom. The molecule has 0 atom stereocenters. The van der Waals surface area contributed by atoms with E-state index < -0.39 is 5.69 Å². The summed E-state index contributed by atoms with van der Waals surface area (Å²) in [6.07, 6.45) is 9.25. The summed E-state index contributed by atoms with van der Waals surface area (Å²) in [5, 5.41) is 18.8. The Kier molecular flexibility index (Phi) is 8.88. The Morgan fingerprint density at radius 1 is 1.24 bits per heavy atom. The maximum Gasteiger partial charge on any atom is 0.326 e. The van der Waals surface area contributed by atoms with E-state index in [2.05, 4.69) is 20.4 Å². The van der Waals surface area contributed by atoms with Crippen LogP contribution < -0.4 is 26.4 Å². The number of fused-ring (bicyclic) bond motifs is 1. The van der Waals surface area contributed by atoms with Crippen LogP contribution in [0.3, 0.4) is 0 Å². The highest BCUT2D eigenvalue weighted by Gasteiger charge is 2.20. The summed E-state index contributed by atoms with van der Waals surface area (Å²) in [6, 6.07) is 7.50. The number of aromatic hydroxyl groups is 1. The average Bonchev–Trinajstić information content (AvgIpc) is 3.57. The van der Waals surface area contributed by atoms with Gasteiger partial charge in [-0.2, -0.15) is 9.61 Å². The number of hydrogen-bond acceptors (Lipinski definition) is 9. The number of nitrogens with one attached hydrogen (secondary N) is 3. The molecule has 1 fully saturated rings. The van der Waals surface area contributed by atoms with Crippen molar-refractivity contribution >= 4 is 40.8 Å². The molecular weight excluding hydrogens is 550 g/mol. The highest BCUT2D eigenvalue weighted by molar-refractivity contribution is 6.32. The first-order valence-electron chi connectivity index (χ1n) is 13.7. The maximum atomic E-state index is 11.6. The van der Waals surface area contributed by atoms with E-state index in [0.29, 0.717) is 58.3 Å². The lowest BCUT2D eigenvalue weighted by atomic mass is 10.1. The van der Waals surface area contributed by atoms with Gasteiger partial charge in [-0.3, -0.25) is 14.8 Å². The molecule has 13 heteroatoms. The quantitative estimate of drug-likeness (QED) is 0.138. The number of esters is 1. The van der Waals surface area contributed by atoms with Crippen molar-refractivity contribution in [1.29, 1.82) is 0 Å². The van der Waals surface area contributed by atoms with E-state index >= 15 is 0 Å². The third-order valence-corrected chi connectivity index (χ3v) is 6.71. The zero-order valence-corrected chi connectivity index (χ0v) is 23.4. The number of hydrogen-bond donors (Lipinski definition) is 4. The number of anilines is 2. The van der Waals surface area contributed by atoms with Crippen LogP contribution in [0.1, 0.15) is 57.6 Å². The Hall–Kier alpha value is -4.32. The zero-order valence-electron chi connectivity index (χ0n) is 22.7. The van der Waals surface area contributed by atoms with Crippen LogP contribution in [0.25, 0.3) is 11.7 Å². The molecule has 0 bridgehead atoms. The van der Waals surface area contributed by atoms with Gasteiger partial charge in [-0.25, -0.2) is 9.78 Å². The number of rotatable bonds is 13. The molecule has 12 nitrogen and oxygen atoms in total. The fourth-order valence-corrected chi connectivity index (χ4v) is 4.48. The maximum absolute atomic E-state index is 11.6. The molecule has 216 valence electrons. The monoisotopic (exact) mass is 581 g/mol. The molecule has 0 spiro atoms. The molecule has 0 radical (unpaired) electrons. The highest BCUT2D eigenvalue weighted by atomic mass is 35.5. The van der Waals surface area contributed by atoms with Crippen LogP contribution in [0.5, 0.6) is 11.6 Å². The first-order chi connectivity index (χ1) is 19.9. The SMILES string of the molecule is CCOC(=O)CCCCCCOc1ccc(Nc2cc(=NC3CC3)n3nc/c(=C/c4[nH]c(=O)[nH]c4O)c3n2)cc1Cl. The lowest BCUT2D eigenvalue weighted by Crippen LogP contribution is -2.19. The summed E-state index contributed by atoms with van der Waals surface area (Å²) in [5.41, 5.74) is 1.57. The summed E-state index contributed by atoms with van der Waals surface area (Å²) in [4.78, 5) is 37.3. The van der Waals surface area contributed by atoms with Gasteiger partial charge in [0.1, 0.15) is 17.3 Å². The molecule has 0 aliphatic heterocycles. The van der Waals surface area contributed by atoms with E-state index in [9.17, 15) is 14.7 Å². The number of imidazole rings is 1.